The fraction of sp³-hybridized carbons (Fsp3) is 0.300. The fourth-order valence-electron chi connectivity index (χ4n) is 4.84. The van der Waals surface area contributed by atoms with Crippen molar-refractivity contribution in [3.8, 4) is 0 Å². The van der Waals surface area contributed by atoms with Crippen molar-refractivity contribution < 1.29 is 9.53 Å². The Morgan fingerprint density at radius 2 is 1.33 bits per heavy atom. The Morgan fingerprint density at radius 3 is 1.75 bits per heavy atom. The molecular formula is C30H32BrN3O2. The van der Waals surface area contributed by atoms with Crippen LogP contribution in [-0.4, -0.2) is 26.1 Å². The van der Waals surface area contributed by atoms with Gasteiger partial charge in [-0.15, -0.1) is 0 Å². The number of rotatable bonds is 11. The van der Waals surface area contributed by atoms with E-state index in [0.29, 0.717) is 18.2 Å². The second-order valence-electron chi connectivity index (χ2n) is 8.89. The first-order valence-corrected chi connectivity index (χ1v) is 13.6. The third kappa shape index (κ3) is 5.29. The van der Waals surface area contributed by atoms with Crippen LogP contribution in [0.2, 0.25) is 0 Å². The van der Waals surface area contributed by atoms with Crippen molar-refractivity contribution in [3.05, 3.63) is 120 Å². The standard InChI is InChI=1S/C30H32BrN3O2/c1-3-23(4-2)20-27(36-28(35)21-31)29-32-22-34(33-29)30(24-14-8-5-9-15-24,25-16-10-6-11-17-25)26-18-12-7-13-19-26/h5-19,22-23,27H,3-4,20-21H2,1-2H3. The number of halogens is 1. The zero-order valence-electron chi connectivity index (χ0n) is 20.8. The Labute approximate surface area is 221 Å². The minimum Gasteiger partial charge on any atom is -0.453 e. The summed E-state index contributed by atoms with van der Waals surface area (Å²) >= 11 is 3.22. The lowest BCUT2D eigenvalue weighted by molar-refractivity contribution is -0.147. The summed E-state index contributed by atoms with van der Waals surface area (Å²) in [7, 11) is 0. The lowest BCUT2D eigenvalue weighted by Gasteiger charge is -2.36. The van der Waals surface area contributed by atoms with Gasteiger partial charge in [0, 0.05) is 0 Å². The SMILES string of the molecule is CCC(CC)CC(OC(=O)CBr)c1ncn(C(c2ccccc2)(c2ccccc2)c2ccccc2)n1. The van der Waals surface area contributed by atoms with Crippen LogP contribution in [0.5, 0.6) is 0 Å². The minimum absolute atomic E-state index is 0.134. The number of ether oxygens (including phenoxy) is 1. The summed E-state index contributed by atoms with van der Waals surface area (Å²) < 4.78 is 7.76. The molecule has 36 heavy (non-hydrogen) atoms. The molecule has 1 heterocycles. The average molecular weight is 547 g/mol. The van der Waals surface area contributed by atoms with Gasteiger partial charge in [0.15, 0.2) is 11.9 Å². The Bertz CT molecular complexity index is 1130. The largest absolute Gasteiger partial charge is 0.453 e. The summed E-state index contributed by atoms with van der Waals surface area (Å²) in [6, 6.07) is 31.0. The monoisotopic (exact) mass is 545 g/mol. The molecule has 0 saturated heterocycles. The Kier molecular flexibility index (Phi) is 8.70. The molecule has 6 heteroatoms. The number of carbonyl (C=O) groups is 1. The van der Waals surface area contributed by atoms with E-state index < -0.39 is 11.6 Å². The van der Waals surface area contributed by atoms with Gasteiger partial charge in [-0.05, 0) is 29.0 Å². The van der Waals surface area contributed by atoms with Crippen molar-refractivity contribution in [1.82, 2.24) is 14.8 Å². The maximum absolute atomic E-state index is 12.3. The molecule has 0 fully saturated rings. The van der Waals surface area contributed by atoms with Crippen LogP contribution in [0.15, 0.2) is 97.3 Å². The zero-order valence-corrected chi connectivity index (χ0v) is 22.3. The van der Waals surface area contributed by atoms with Gasteiger partial charge in [0.1, 0.15) is 17.2 Å². The minimum atomic E-state index is -0.756. The first-order chi connectivity index (χ1) is 17.6. The fourth-order valence-corrected chi connectivity index (χ4v) is 4.97. The predicted molar refractivity (Wildman–Crippen MR) is 146 cm³/mol. The van der Waals surface area contributed by atoms with E-state index >= 15 is 0 Å². The number of carbonyl (C=O) groups excluding carboxylic acids is 1. The maximum atomic E-state index is 12.3. The number of esters is 1. The van der Waals surface area contributed by atoms with Gasteiger partial charge in [-0.3, -0.25) is 4.79 Å². The van der Waals surface area contributed by atoms with Crippen LogP contribution >= 0.6 is 15.9 Å². The zero-order chi connectivity index (χ0) is 25.4. The maximum Gasteiger partial charge on any atom is 0.317 e. The van der Waals surface area contributed by atoms with Crippen molar-refractivity contribution in [2.45, 2.75) is 44.8 Å². The van der Waals surface area contributed by atoms with Gasteiger partial charge in [-0.2, -0.15) is 5.10 Å². The highest BCUT2D eigenvalue weighted by molar-refractivity contribution is 9.09. The molecule has 1 unspecified atom stereocenters. The Balaban J connectivity index is 1.91. The van der Waals surface area contributed by atoms with Crippen molar-refractivity contribution in [1.29, 1.82) is 0 Å². The molecule has 0 aliphatic rings. The summed E-state index contributed by atoms with van der Waals surface area (Å²) in [5.41, 5.74) is 2.43. The molecule has 0 saturated carbocycles. The molecule has 4 aromatic rings. The van der Waals surface area contributed by atoms with Crippen molar-refractivity contribution in [3.63, 3.8) is 0 Å². The highest BCUT2D eigenvalue weighted by Gasteiger charge is 2.40. The van der Waals surface area contributed by atoms with E-state index in [2.05, 4.69) is 66.2 Å². The van der Waals surface area contributed by atoms with E-state index in [1.807, 2.05) is 59.3 Å². The van der Waals surface area contributed by atoms with Crippen molar-refractivity contribution in [2.24, 2.45) is 5.92 Å². The van der Waals surface area contributed by atoms with Gasteiger partial charge in [-0.1, -0.05) is 134 Å². The molecular weight excluding hydrogens is 514 g/mol. The van der Waals surface area contributed by atoms with E-state index in [1.165, 1.54) is 0 Å². The average Bonchev–Trinajstić information content (AvgIpc) is 3.43. The van der Waals surface area contributed by atoms with Crippen LogP contribution in [0, 0.1) is 5.92 Å². The Hall–Kier alpha value is -3.25. The first kappa shape index (κ1) is 25.8. The van der Waals surface area contributed by atoms with E-state index in [4.69, 9.17) is 14.8 Å². The molecule has 186 valence electrons. The number of nitrogens with zero attached hydrogens (tertiary/aromatic N) is 3. The van der Waals surface area contributed by atoms with Crippen LogP contribution < -0.4 is 0 Å². The van der Waals surface area contributed by atoms with E-state index in [-0.39, 0.29) is 11.3 Å². The summed E-state index contributed by atoms with van der Waals surface area (Å²) in [4.78, 5) is 17.0. The quantitative estimate of drug-likeness (QED) is 0.116. The molecule has 4 rings (SSSR count). The number of hydrogen-bond acceptors (Lipinski definition) is 4. The molecule has 0 amide bonds. The highest BCUT2D eigenvalue weighted by Crippen LogP contribution is 2.40. The van der Waals surface area contributed by atoms with E-state index in [9.17, 15) is 4.79 Å². The molecule has 5 nitrogen and oxygen atoms in total. The van der Waals surface area contributed by atoms with E-state index in [1.54, 1.807) is 6.33 Å². The highest BCUT2D eigenvalue weighted by atomic mass is 79.9. The molecule has 0 aliphatic carbocycles. The normalized spacial score (nSPS) is 12.4. The molecule has 3 aromatic carbocycles. The van der Waals surface area contributed by atoms with Gasteiger partial charge in [-0.25, -0.2) is 9.67 Å². The summed E-state index contributed by atoms with van der Waals surface area (Å²) in [5.74, 6) is 0.610. The number of aromatic nitrogens is 3. The predicted octanol–water partition coefficient (Wildman–Crippen LogP) is 6.92. The molecule has 0 aliphatic heterocycles. The Morgan fingerprint density at radius 1 is 0.861 bits per heavy atom. The molecule has 0 radical (unpaired) electrons. The van der Waals surface area contributed by atoms with Crippen LogP contribution in [-0.2, 0) is 15.1 Å². The van der Waals surface area contributed by atoms with Crippen LogP contribution in [0.25, 0.3) is 0 Å². The topological polar surface area (TPSA) is 57.0 Å². The summed E-state index contributed by atoms with van der Waals surface area (Å²) in [6.45, 7) is 4.32. The third-order valence-corrected chi connectivity index (χ3v) is 7.26. The lowest BCUT2D eigenvalue weighted by Crippen LogP contribution is -2.38. The second-order valence-corrected chi connectivity index (χ2v) is 9.45. The molecule has 1 aromatic heterocycles. The van der Waals surface area contributed by atoms with Gasteiger partial charge in [0.2, 0.25) is 0 Å². The van der Waals surface area contributed by atoms with Gasteiger partial charge in [0.05, 0.1) is 0 Å². The number of benzene rings is 3. The van der Waals surface area contributed by atoms with Gasteiger partial charge >= 0.3 is 5.97 Å². The first-order valence-electron chi connectivity index (χ1n) is 12.5. The van der Waals surface area contributed by atoms with Crippen LogP contribution in [0.1, 0.15) is 61.7 Å². The molecule has 0 bridgehead atoms. The molecule has 1 atom stereocenters. The van der Waals surface area contributed by atoms with E-state index in [0.717, 1.165) is 29.5 Å². The van der Waals surface area contributed by atoms with Gasteiger partial charge in [0.25, 0.3) is 0 Å². The number of alkyl halides is 1. The molecule has 0 spiro atoms. The third-order valence-electron chi connectivity index (χ3n) is 6.80. The molecule has 0 N–H and O–H groups in total. The summed E-state index contributed by atoms with van der Waals surface area (Å²) in [6.07, 6.45) is 3.94. The van der Waals surface area contributed by atoms with Crippen LogP contribution in [0.3, 0.4) is 0 Å². The lowest BCUT2D eigenvalue weighted by atomic mass is 9.77. The number of hydrogen-bond donors (Lipinski definition) is 0. The second kappa shape index (κ2) is 12.1. The van der Waals surface area contributed by atoms with Gasteiger partial charge < -0.3 is 4.74 Å². The smallest absolute Gasteiger partial charge is 0.317 e. The summed E-state index contributed by atoms with van der Waals surface area (Å²) in [5, 5.41) is 5.17. The van der Waals surface area contributed by atoms with Crippen molar-refractivity contribution >= 4 is 21.9 Å². The van der Waals surface area contributed by atoms with Crippen molar-refractivity contribution in [2.75, 3.05) is 5.33 Å². The van der Waals surface area contributed by atoms with Crippen LogP contribution in [0.4, 0.5) is 0 Å².